The average molecular weight is 295 g/mol. The van der Waals surface area contributed by atoms with Gasteiger partial charge in [-0.3, -0.25) is 14.5 Å². The molecule has 3 rings (SSSR count). The average Bonchev–Trinajstić information content (AvgIpc) is 2.46. The Labute approximate surface area is 121 Å². The molecule has 0 N–H and O–H groups in total. The Kier molecular flexibility index (Phi) is 3.83. The fourth-order valence-electron chi connectivity index (χ4n) is 2.89. The highest BCUT2D eigenvalue weighted by atomic mass is 32.2. The van der Waals surface area contributed by atoms with Crippen LogP contribution in [0.2, 0.25) is 0 Å². The zero-order valence-corrected chi connectivity index (χ0v) is 12.0. The molecule has 0 radical (unpaired) electrons. The first-order valence-corrected chi connectivity index (χ1v) is 8.11. The van der Waals surface area contributed by atoms with E-state index in [-0.39, 0.29) is 22.9 Å². The third-order valence-corrected chi connectivity index (χ3v) is 5.19. The standard InChI is InChI=1S/C14H17NO4S/c16-11-8-12-15(11)10(6-7-20-12)14(18)19-13(17)9-4-2-1-3-5-9/h6,9,12H,1-5,7-8H2. The molecule has 6 heteroatoms. The molecule has 1 saturated heterocycles. The summed E-state index contributed by atoms with van der Waals surface area (Å²) in [6.45, 7) is 0. The van der Waals surface area contributed by atoms with E-state index in [0.717, 1.165) is 32.1 Å². The molecule has 1 saturated carbocycles. The molecule has 1 aliphatic carbocycles. The van der Waals surface area contributed by atoms with Gasteiger partial charge in [-0.25, -0.2) is 4.79 Å². The highest BCUT2D eigenvalue weighted by Crippen LogP contribution is 2.37. The van der Waals surface area contributed by atoms with Crippen LogP contribution in [0.4, 0.5) is 0 Å². The fourth-order valence-corrected chi connectivity index (χ4v) is 4.01. The van der Waals surface area contributed by atoms with E-state index < -0.39 is 11.9 Å². The van der Waals surface area contributed by atoms with Crippen LogP contribution < -0.4 is 0 Å². The Morgan fingerprint density at radius 2 is 2.00 bits per heavy atom. The third-order valence-electron chi connectivity index (χ3n) is 4.07. The molecule has 0 spiro atoms. The number of hydrogen-bond acceptors (Lipinski definition) is 5. The predicted octanol–water partition coefficient (Wildman–Crippen LogP) is 1.83. The highest BCUT2D eigenvalue weighted by molar-refractivity contribution is 8.00. The number of fused-ring (bicyclic) bond motifs is 1. The van der Waals surface area contributed by atoms with Gasteiger partial charge in [0, 0.05) is 5.75 Å². The van der Waals surface area contributed by atoms with E-state index in [1.54, 1.807) is 17.8 Å². The molecule has 1 amide bonds. The van der Waals surface area contributed by atoms with Crippen LogP contribution in [0.1, 0.15) is 38.5 Å². The van der Waals surface area contributed by atoms with Crippen LogP contribution in [0.25, 0.3) is 0 Å². The lowest BCUT2D eigenvalue weighted by atomic mass is 9.89. The molecule has 1 unspecified atom stereocenters. The van der Waals surface area contributed by atoms with Crippen LogP contribution in [0.3, 0.4) is 0 Å². The molecule has 2 heterocycles. The van der Waals surface area contributed by atoms with E-state index in [0.29, 0.717) is 12.2 Å². The second-order valence-corrected chi connectivity index (χ2v) is 6.60. The molecule has 20 heavy (non-hydrogen) atoms. The maximum atomic E-state index is 12.1. The number of ether oxygens (including phenoxy) is 1. The first-order valence-electron chi connectivity index (χ1n) is 7.06. The van der Waals surface area contributed by atoms with Crippen LogP contribution in [-0.4, -0.2) is 33.9 Å². The maximum Gasteiger partial charge on any atom is 0.362 e. The summed E-state index contributed by atoms with van der Waals surface area (Å²) < 4.78 is 4.98. The third kappa shape index (κ3) is 2.49. The van der Waals surface area contributed by atoms with Gasteiger partial charge in [0.15, 0.2) is 0 Å². The number of thioether (sulfide) groups is 1. The van der Waals surface area contributed by atoms with Gasteiger partial charge in [0.2, 0.25) is 5.91 Å². The largest absolute Gasteiger partial charge is 0.388 e. The molecule has 1 atom stereocenters. The SMILES string of the molecule is O=C(OC(=O)C1CCCCC1)C1=CCSC2CC(=O)N12. The van der Waals surface area contributed by atoms with Gasteiger partial charge in [-0.2, -0.15) is 0 Å². The van der Waals surface area contributed by atoms with Gasteiger partial charge in [0.1, 0.15) is 5.70 Å². The second kappa shape index (κ2) is 5.60. The first kappa shape index (κ1) is 13.7. The van der Waals surface area contributed by atoms with Gasteiger partial charge in [0.25, 0.3) is 0 Å². The molecular weight excluding hydrogens is 278 g/mol. The number of hydrogen-bond donors (Lipinski definition) is 0. The van der Waals surface area contributed by atoms with Crippen molar-refractivity contribution in [2.45, 2.75) is 43.9 Å². The Bertz CT molecular complexity index is 482. The van der Waals surface area contributed by atoms with Crippen LogP contribution in [-0.2, 0) is 19.1 Å². The molecule has 2 fully saturated rings. The Morgan fingerprint density at radius 1 is 1.25 bits per heavy atom. The number of carbonyl (C=O) groups excluding carboxylic acids is 3. The van der Waals surface area contributed by atoms with Crippen molar-refractivity contribution in [3.8, 4) is 0 Å². The summed E-state index contributed by atoms with van der Waals surface area (Å²) in [5.74, 6) is -0.654. The van der Waals surface area contributed by atoms with E-state index in [1.165, 1.54) is 4.90 Å². The van der Waals surface area contributed by atoms with E-state index in [4.69, 9.17) is 4.74 Å². The number of esters is 2. The van der Waals surface area contributed by atoms with Crippen molar-refractivity contribution in [3.05, 3.63) is 11.8 Å². The number of rotatable bonds is 2. The molecule has 0 bridgehead atoms. The zero-order chi connectivity index (χ0) is 14.1. The van der Waals surface area contributed by atoms with Crippen LogP contribution in [0.15, 0.2) is 11.8 Å². The van der Waals surface area contributed by atoms with Crippen molar-refractivity contribution in [1.82, 2.24) is 4.90 Å². The molecule has 5 nitrogen and oxygen atoms in total. The van der Waals surface area contributed by atoms with Crippen LogP contribution in [0, 0.1) is 5.92 Å². The lowest BCUT2D eigenvalue weighted by molar-refractivity contribution is -0.164. The lowest BCUT2D eigenvalue weighted by Gasteiger charge is -2.42. The Balaban J connectivity index is 1.62. The molecule has 0 aromatic rings. The van der Waals surface area contributed by atoms with Crippen LogP contribution in [0.5, 0.6) is 0 Å². The van der Waals surface area contributed by atoms with Crippen molar-refractivity contribution >= 4 is 29.6 Å². The number of nitrogens with zero attached hydrogens (tertiary/aromatic N) is 1. The smallest absolute Gasteiger partial charge is 0.362 e. The van der Waals surface area contributed by atoms with Crippen molar-refractivity contribution in [1.29, 1.82) is 0 Å². The minimum atomic E-state index is -0.668. The lowest BCUT2D eigenvalue weighted by Crippen LogP contribution is -2.53. The molecular formula is C14H17NO4S. The maximum absolute atomic E-state index is 12.1. The quantitative estimate of drug-likeness (QED) is 0.442. The topological polar surface area (TPSA) is 63.7 Å². The number of β-lactam (4-membered cyclic amide) rings is 1. The Morgan fingerprint density at radius 3 is 2.70 bits per heavy atom. The van der Waals surface area contributed by atoms with E-state index in [9.17, 15) is 14.4 Å². The molecule has 108 valence electrons. The number of amides is 1. The summed E-state index contributed by atoms with van der Waals surface area (Å²) in [7, 11) is 0. The normalized spacial score (nSPS) is 26.4. The summed E-state index contributed by atoms with van der Waals surface area (Å²) >= 11 is 1.62. The zero-order valence-electron chi connectivity index (χ0n) is 11.2. The predicted molar refractivity (Wildman–Crippen MR) is 73.5 cm³/mol. The highest BCUT2D eigenvalue weighted by Gasteiger charge is 2.44. The van der Waals surface area contributed by atoms with Gasteiger partial charge >= 0.3 is 11.9 Å². The molecule has 3 aliphatic rings. The fraction of sp³-hybridized carbons (Fsp3) is 0.643. The van der Waals surface area contributed by atoms with Crippen molar-refractivity contribution < 1.29 is 19.1 Å². The van der Waals surface area contributed by atoms with Crippen LogP contribution >= 0.6 is 11.8 Å². The molecule has 0 aromatic carbocycles. The van der Waals surface area contributed by atoms with E-state index in [1.807, 2.05) is 0 Å². The Hall–Kier alpha value is -1.30. The first-order chi connectivity index (χ1) is 9.66. The van der Waals surface area contributed by atoms with Gasteiger partial charge in [-0.05, 0) is 18.9 Å². The summed E-state index contributed by atoms with van der Waals surface area (Å²) in [6, 6.07) is 0. The molecule has 0 aromatic heterocycles. The molecule has 2 aliphatic heterocycles. The monoisotopic (exact) mass is 295 g/mol. The second-order valence-electron chi connectivity index (χ2n) is 5.39. The minimum absolute atomic E-state index is 0.0415. The summed E-state index contributed by atoms with van der Waals surface area (Å²) in [5, 5.41) is 0.0415. The van der Waals surface area contributed by atoms with E-state index in [2.05, 4.69) is 0 Å². The van der Waals surface area contributed by atoms with E-state index >= 15 is 0 Å². The van der Waals surface area contributed by atoms with Crippen molar-refractivity contribution in [2.24, 2.45) is 5.92 Å². The van der Waals surface area contributed by atoms with Crippen molar-refractivity contribution in [3.63, 3.8) is 0 Å². The summed E-state index contributed by atoms with van der Waals surface area (Å²) in [6.07, 6.45) is 6.91. The minimum Gasteiger partial charge on any atom is -0.388 e. The van der Waals surface area contributed by atoms with Crippen molar-refractivity contribution in [2.75, 3.05) is 5.75 Å². The van der Waals surface area contributed by atoms with Gasteiger partial charge in [-0.1, -0.05) is 19.3 Å². The van der Waals surface area contributed by atoms with Gasteiger partial charge in [-0.15, -0.1) is 11.8 Å². The number of carbonyl (C=O) groups is 3. The van der Waals surface area contributed by atoms with Gasteiger partial charge < -0.3 is 4.74 Å². The van der Waals surface area contributed by atoms with Gasteiger partial charge in [0.05, 0.1) is 17.7 Å². The summed E-state index contributed by atoms with van der Waals surface area (Å²) in [4.78, 5) is 37.0. The summed E-state index contributed by atoms with van der Waals surface area (Å²) in [5.41, 5.74) is 0.245.